The van der Waals surface area contributed by atoms with Gasteiger partial charge in [-0.25, -0.2) is 0 Å². The SMILES string of the molecule is CCC[CH]c1ccccc1OCCCCCC. The predicted octanol–water partition coefficient (Wildman–Crippen LogP) is 5.00. The van der Waals surface area contributed by atoms with Crippen LogP contribution >= 0.6 is 0 Å². The van der Waals surface area contributed by atoms with E-state index in [1.807, 2.05) is 6.07 Å². The van der Waals surface area contributed by atoms with Gasteiger partial charge in [-0.3, -0.25) is 0 Å². The third-order valence-corrected chi connectivity index (χ3v) is 2.83. The van der Waals surface area contributed by atoms with Crippen LogP contribution < -0.4 is 4.74 Å². The molecule has 1 rings (SSSR count). The van der Waals surface area contributed by atoms with Gasteiger partial charge in [0.25, 0.3) is 0 Å². The summed E-state index contributed by atoms with van der Waals surface area (Å²) in [6.07, 6.45) is 9.60. The van der Waals surface area contributed by atoms with Crippen LogP contribution in [0.2, 0.25) is 0 Å². The molecule has 17 heavy (non-hydrogen) atoms. The van der Waals surface area contributed by atoms with Crippen LogP contribution in [0, 0.1) is 6.42 Å². The standard InChI is InChI=1S/C16H25O/c1-3-5-7-10-14-17-16-13-9-8-12-15(16)11-6-4-2/h8-9,11-13H,3-7,10,14H2,1-2H3. The minimum Gasteiger partial charge on any atom is -0.493 e. The van der Waals surface area contributed by atoms with Gasteiger partial charge < -0.3 is 4.74 Å². The van der Waals surface area contributed by atoms with Gasteiger partial charge in [0.05, 0.1) is 6.61 Å². The lowest BCUT2D eigenvalue weighted by atomic mass is 10.1. The number of para-hydroxylation sites is 1. The Hall–Kier alpha value is -0.980. The molecule has 0 saturated heterocycles. The highest BCUT2D eigenvalue weighted by atomic mass is 16.5. The summed E-state index contributed by atoms with van der Waals surface area (Å²) in [5, 5.41) is 0. The highest BCUT2D eigenvalue weighted by molar-refractivity contribution is 5.38. The van der Waals surface area contributed by atoms with Gasteiger partial charge in [0.2, 0.25) is 0 Å². The van der Waals surface area contributed by atoms with E-state index in [-0.39, 0.29) is 0 Å². The van der Waals surface area contributed by atoms with Crippen molar-refractivity contribution in [1.29, 1.82) is 0 Å². The normalized spacial score (nSPS) is 10.5. The van der Waals surface area contributed by atoms with E-state index in [0.29, 0.717) is 0 Å². The molecule has 1 nitrogen and oxygen atoms in total. The van der Waals surface area contributed by atoms with E-state index >= 15 is 0 Å². The Morgan fingerprint density at radius 2 is 1.82 bits per heavy atom. The lowest BCUT2D eigenvalue weighted by Gasteiger charge is -2.10. The maximum atomic E-state index is 5.85. The Kier molecular flexibility index (Phi) is 7.53. The zero-order chi connectivity index (χ0) is 12.3. The van der Waals surface area contributed by atoms with Gasteiger partial charge in [-0.2, -0.15) is 0 Å². The summed E-state index contributed by atoms with van der Waals surface area (Å²) < 4.78 is 5.85. The fourth-order valence-electron chi connectivity index (χ4n) is 1.79. The zero-order valence-corrected chi connectivity index (χ0v) is 11.2. The van der Waals surface area contributed by atoms with Gasteiger partial charge >= 0.3 is 0 Å². The molecule has 1 heteroatoms. The van der Waals surface area contributed by atoms with Crippen molar-refractivity contribution >= 4 is 0 Å². The first-order chi connectivity index (χ1) is 8.38. The van der Waals surface area contributed by atoms with Crippen molar-refractivity contribution in [2.24, 2.45) is 0 Å². The number of hydrogen-bond acceptors (Lipinski definition) is 1. The number of hydrogen-bond donors (Lipinski definition) is 0. The van der Waals surface area contributed by atoms with Crippen molar-refractivity contribution in [3.05, 3.63) is 36.2 Å². The third kappa shape index (κ3) is 5.76. The second-order valence-corrected chi connectivity index (χ2v) is 4.44. The molecule has 0 heterocycles. The van der Waals surface area contributed by atoms with Gasteiger partial charge in [-0.1, -0.05) is 57.7 Å². The molecular weight excluding hydrogens is 208 g/mol. The summed E-state index contributed by atoms with van der Waals surface area (Å²) >= 11 is 0. The first-order valence-corrected chi connectivity index (χ1v) is 6.93. The number of rotatable bonds is 9. The summed E-state index contributed by atoms with van der Waals surface area (Å²) in [6.45, 7) is 5.28. The lowest BCUT2D eigenvalue weighted by molar-refractivity contribution is 0.303. The Bertz CT molecular complexity index is 293. The molecule has 0 atom stereocenters. The molecule has 0 saturated carbocycles. The number of unbranched alkanes of at least 4 members (excludes halogenated alkanes) is 4. The average Bonchev–Trinajstić information content (AvgIpc) is 2.37. The highest BCUT2D eigenvalue weighted by Gasteiger charge is 2.02. The van der Waals surface area contributed by atoms with Crippen LogP contribution in [-0.4, -0.2) is 6.61 Å². The van der Waals surface area contributed by atoms with E-state index in [0.717, 1.165) is 25.2 Å². The largest absolute Gasteiger partial charge is 0.493 e. The van der Waals surface area contributed by atoms with Crippen molar-refractivity contribution in [2.45, 2.75) is 52.4 Å². The minimum absolute atomic E-state index is 0.844. The Labute approximate surface area is 106 Å². The van der Waals surface area contributed by atoms with E-state index < -0.39 is 0 Å². The van der Waals surface area contributed by atoms with Gasteiger partial charge in [-0.05, 0) is 30.9 Å². The monoisotopic (exact) mass is 233 g/mol. The van der Waals surface area contributed by atoms with E-state index in [2.05, 4.69) is 38.5 Å². The van der Waals surface area contributed by atoms with Crippen molar-refractivity contribution in [3.63, 3.8) is 0 Å². The molecule has 95 valence electrons. The Morgan fingerprint density at radius 3 is 2.59 bits per heavy atom. The Morgan fingerprint density at radius 1 is 1.00 bits per heavy atom. The maximum absolute atomic E-state index is 5.85. The topological polar surface area (TPSA) is 9.23 Å². The minimum atomic E-state index is 0.844. The van der Waals surface area contributed by atoms with Gasteiger partial charge in [0, 0.05) is 0 Å². The molecule has 0 bridgehead atoms. The lowest BCUT2D eigenvalue weighted by Crippen LogP contribution is -1.99. The Balaban J connectivity index is 2.35. The molecule has 0 fully saturated rings. The predicted molar refractivity (Wildman–Crippen MR) is 74.4 cm³/mol. The zero-order valence-electron chi connectivity index (χ0n) is 11.2. The molecule has 1 aromatic carbocycles. The van der Waals surface area contributed by atoms with Crippen LogP contribution in [0.1, 0.15) is 57.9 Å². The average molecular weight is 233 g/mol. The highest BCUT2D eigenvalue weighted by Crippen LogP contribution is 2.21. The van der Waals surface area contributed by atoms with Crippen molar-refractivity contribution < 1.29 is 4.74 Å². The summed E-state index contributed by atoms with van der Waals surface area (Å²) in [5.41, 5.74) is 1.24. The summed E-state index contributed by atoms with van der Waals surface area (Å²) in [7, 11) is 0. The van der Waals surface area contributed by atoms with Crippen LogP contribution in [0.4, 0.5) is 0 Å². The summed E-state index contributed by atoms with van der Waals surface area (Å²) in [5.74, 6) is 1.04. The smallest absolute Gasteiger partial charge is 0.122 e. The molecule has 0 spiro atoms. The van der Waals surface area contributed by atoms with Gasteiger partial charge in [0.15, 0.2) is 0 Å². The molecule has 0 aliphatic rings. The quantitative estimate of drug-likeness (QED) is 0.545. The fraction of sp³-hybridized carbons (Fsp3) is 0.562. The molecule has 0 unspecified atom stereocenters. The molecule has 1 radical (unpaired) electrons. The van der Waals surface area contributed by atoms with Crippen molar-refractivity contribution in [3.8, 4) is 5.75 Å². The van der Waals surface area contributed by atoms with Crippen LogP contribution in [0.3, 0.4) is 0 Å². The fourth-order valence-corrected chi connectivity index (χ4v) is 1.79. The first kappa shape index (κ1) is 14.1. The maximum Gasteiger partial charge on any atom is 0.122 e. The molecule has 0 N–H and O–H groups in total. The van der Waals surface area contributed by atoms with Crippen LogP contribution in [0.15, 0.2) is 24.3 Å². The number of ether oxygens (including phenoxy) is 1. The molecule has 0 amide bonds. The van der Waals surface area contributed by atoms with E-state index in [1.54, 1.807) is 0 Å². The van der Waals surface area contributed by atoms with E-state index in [4.69, 9.17) is 4.74 Å². The van der Waals surface area contributed by atoms with Crippen LogP contribution in [-0.2, 0) is 0 Å². The van der Waals surface area contributed by atoms with E-state index in [1.165, 1.54) is 31.2 Å². The van der Waals surface area contributed by atoms with Crippen LogP contribution in [0.25, 0.3) is 0 Å². The molecule has 1 aromatic rings. The second-order valence-electron chi connectivity index (χ2n) is 4.44. The third-order valence-electron chi connectivity index (χ3n) is 2.83. The second kappa shape index (κ2) is 9.09. The summed E-state index contributed by atoms with van der Waals surface area (Å²) in [6, 6.07) is 8.33. The number of benzene rings is 1. The van der Waals surface area contributed by atoms with Gasteiger partial charge in [-0.15, -0.1) is 0 Å². The first-order valence-electron chi connectivity index (χ1n) is 6.93. The molecule has 0 aliphatic carbocycles. The van der Waals surface area contributed by atoms with Crippen molar-refractivity contribution in [2.75, 3.05) is 6.61 Å². The molecular formula is C16H25O. The summed E-state index contributed by atoms with van der Waals surface area (Å²) in [4.78, 5) is 0. The van der Waals surface area contributed by atoms with E-state index in [9.17, 15) is 0 Å². The van der Waals surface area contributed by atoms with Crippen LogP contribution in [0.5, 0.6) is 5.75 Å². The molecule has 0 aromatic heterocycles. The van der Waals surface area contributed by atoms with Gasteiger partial charge in [0.1, 0.15) is 5.75 Å². The molecule has 0 aliphatic heterocycles. The van der Waals surface area contributed by atoms with Crippen molar-refractivity contribution in [1.82, 2.24) is 0 Å².